The van der Waals surface area contributed by atoms with Gasteiger partial charge >= 0.3 is 0 Å². The zero-order chi connectivity index (χ0) is 27.3. The van der Waals surface area contributed by atoms with Gasteiger partial charge in [0.25, 0.3) is 0 Å². The fourth-order valence-corrected chi connectivity index (χ4v) is 3.29. The fourth-order valence-electron chi connectivity index (χ4n) is 3.29. The fraction of sp³-hybridized carbons (Fsp3) is 0.167. The summed E-state index contributed by atoms with van der Waals surface area (Å²) in [5.41, 5.74) is 7.11. The van der Waals surface area contributed by atoms with E-state index < -0.39 is 0 Å². The van der Waals surface area contributed by atoms with Crippen molar-refractivity contribution >= 4 is 0 Å². The maximum absolute atomic E-state index is 3.98. The van der Waals surface area contributed by atoms with Crippen molar-refractivity contribution in [1.82, 2.24) is 4.90 Å². The highest BCUT2D eigenvalue weighted by atomic mass is 15.2. The van der Waals surface area contributed by atoms with Gasteiger partial charge in [-0.2, -0.15) is 0 Å². The Morgan fingerprint density at radius 1 is 0.703 bits per heavy atom. The molecule has 0 saturated carbocycles. The van der Waals surface area contributed by atoms with Gasteiger partial charge in [-0.25, -0.2) is 0 Å². The number of aryl methyl sites for hydroxylation is 2. The first-order chi connectivity index (χ1) is 18.0. The topological polar surface area (TPSA) is 3.24 Å². The Morgan fingerprint density at radius 3 is 1.51 bits per heavy atom. The van der Waals surface area contributed by atoms with Gasteiger partial charge in [-0.3, -0.25) is 0 Å². The zero-order valence-corrected chi connectivity index (χ0v) is 23.3. The highest BCUT2D eigenvalue weighted by Gasteiger charge is 2.14. The molecule has 3 rings (SSSR count). The van der Waals surface area contributed by atoms with E-state index in [0.717, 1.165) is 17.8 Å². The molecule has 0 saturated heterocycles. The van der Waals surface area contributed by atoms with Gasteiger partial charge in [0, 0.05) is 23.5 Å². The molecule has 0 N–H and O–H groups in total. The molecule has 0 fully saturated rings. The third kappa shape index (κ3) is 13.0. The van der Waals surface area contributed by atoms with Gasteiger partial charge in [-0.1, -0.05) is 133 Å². The van der Waals surface area contributed by atoms with Crippen LogP contribution in [-0.4, -0.2) is 4.90 Å². The van der Waals surface area contributed by atoms with Gasteiger partial charge in [0.05, 0.1) is 0 Å². The van der Waals surface area contributed by atoms with Crippen LogP contribution in [0.3, 0.4) is 0 Å². The van der Waals surface area contributed by atoms with Gasteiger partial charge in [0.15, 0.2) is 0 Å². The van der Waals surface area contributed by atoms with Crippen LogP contribution in [0.5, 0.6) is 0 Å². The number of hydrogen-bond acceptors (Lipinski definition) is 1. The predicted octanol–water partition coefficient (Wildman–Crippen LogP) is 10.4. The first-order valence-electron chi connectivity index (χ1n) is 12.7. The average Bonchev–Trinajstić information content (AvgIpc) is 3.13. The summed E-state index contributed by atoms with van der Waals surface area (Å²) < 4.78 is 0. The Morgan fingerprint density at radius 2 is 1.16 bits per heavy atom. The van der Waals surface area contributed by atoms with Crippen LogP contribution in [0.4, 0.5) is 0 Å². The molecule has 0 aliphatic heterocycles. The summed E-state index contributed by atoms with van der Waals surface area (Å²) >= 11 is 0. The lowest BCUT2D eigenvalue weighted by atomic mass is 10.1. The second kappa shape index (κ2) is 19.1. The van der Waals surface area contributed by atoms with Crippen LogP contribution in [-0.2, 0) is 0 Å². The minimum absolute atomic E-state index is 0.857. The molecule has 2 aromatic carbocycles. The predicted molar refractivity (Wildman–Crippen MR) is 166 cm³/mol. The van der Waals surface area contributed by atoms with Crippen LogP contribution in [0.25, 0.3) is 0 Å². The third-order valence-corrected chi connectivity index (χ3v) is 5.27. The van der Waals surface area contributed by atoms with Crippen molar-refractivity contribution in [2.45, 2.75) is 41.0 Å². The Bertz CT molecular complexity index is 1080. The summed E-state index contributed by atoms with van der Waals surface area (Å²) in [4.78, 5) is 2.19. The highest BCUT2D eigenvalue weighted by Crippen LogP contribution is 2.26. The van der Waals surface area contributed by atoms with Crippen molar-refractivity contribution < 1.29 is 0 Å². The number of nitrogens with zero attached hydrogens (tertiary/aromatic N) is 1. The average molecular weight is 490 g/mol. The van der Waals surface area contributed by atoms with E-state index in [-0.39, 0.29) is 0 Å². The van der Waals surface area contributed by atoms with Crippen molar-refractivity contribution in [3.8, 4) is 0 Å². The number of benzene rings is 2. The maximum atomic E-state index is 3.98. The van der Waals surface area contributed by atoms with E-state index in [9.17, 15) is 0 Å². The van der Waals surface area contributed by atoms with Crippen LogP contribution in [0.1, 0.15) is 38.3 Å². The number of rotatable bonds is 7. The lowest BCUT2D eigenvalue weighted by molar-refractivity contribution is 0.548. The lowest BCUT2D eigenvalue weighted by Gasteiger charge is -2.28. The van der Waals surface area contributed by atoms with Crippen LogP contribution in [0.15, 0.2) is 169 Å². The van der Waals surface area contributed by atoms with Gasteiger partial charge in [-0.05, 0) is 65.0 Å². The summed E-state index contributed by atoms with van der Waals surface area (Å²) in [5.74, 6) is 0. The van der Waals surface area contributed by atoms with Crippen molar-refractivity contribution in [3.05, 3.63) is 181 Å². The third-order valence-electron chi connectivity index (χ3n) is 5.27. The van der Waals surface area contributed by atoms with Crippen LogP contribution < -0.4 is 0 Å². The van der Waals surface area contributed by atoms with Crippen molar-refractivity contribution in [3.63, 3.8) is 0 Å². The quantitative estimate of drug-likeness (QED) is 0.350. The van der Waals surface area contributed by atoms with Crippen molar-refractivity contribution in [2.24, 2.45) is 0 Å². The minimum atomic E-state index is 0.857. The molecule has 0 radical (unpaired) electrons. The molecular weight excluding hydrogens is 446 g/mol. The normalized spacial score (nSPS) is 13.4. The molecular formula is C36H43N. The molecule has 1 aliphatic carbocycles. The van der Waals surface area contributed by atoms with Crippen LogP contribution >= 0.6 is 0 Å². The van der Waals surface area contributed by atoms with E-state index in [1.165, 1.54) is 22.4 Å². The molecule has 0 atom stereocenters. The summed E-state index contributed by atoms with van der Waals surface area (Å²) in [6.07, 6.45) is 25.4. The molecule has 0 amide bonds. The molecule has 1 aliphatic rings. The molecule has 37 heavy (non-hydrogen) atoms. The Kier molecular flexibility index (Phi) is 16.0. The van der Waals surface area contributed by atoms with E-state index in [4.69, 9.17) is 0 Å². The van der Waals surface area contributed by atoms with Gasteiger partial charge < -0.3 is 4.90 Å². The van der Waals surface area contributed by atoms with Gasteiger partial charge in [0.2, 0.25) is 0 Å². The maximum Gasteiger partial charge on any atom is 0.0452 e. The minimum Gasteiger partial charge on any atom is -0.314 e. The molecule has 2 aromatic rings. The molecule has 0 aromatic heterocycles. The largest absolute Gasteiger partial charge is 0.314 e. The summed E-state index contributed by atoms with van der Waals surface area (Å²) in [6, 6.07) is 20.5. The standard InChI is InChI=1S/C22H27N.2C7H8/c1-6-10-14-20(8-3)23(21(9-4)15-11-7-2)22-16-12-13-19(5)17-18-22;2*1-7-5-3-2-4-6-7/h6-15,17-18H,3-4,16H2,1-2,5H3;2*2-6H,1H3/b10-6-,11-7-,20-14+,21-15+;;. The first kappa shape index (κ1) is 30.9. The molecule has 0 unspecified atom stereocenters. The molecule has 1 nitrogen and oxygen atoms in total. The summed E-state index contributed by atoms with van der Waals surface area (Å²) in [6.45, 7) is 18.2. The Labute approximate surface area is 226 Å². The number of allylic oxidation sites excluding steroid dienone is 13. The molecule has 0 heterocycles. The highest BCUT2D eigenvalue weighted by molar-refractivity contribution is 5.40. The molecule has 192 valence electrons. The van der Waals surface area contributed by atoms with E-state index in [1.807, 2.05) is 86.7 Å². The monoisotopic (exact) mass is 489 g/mol. The second-order valence-electron chi connectivity index (χ2n) is 8.46. The number of hydrogen-bond donors (Lipinski definition) is 0. The van der Waals surface area contributed by atoms with Crippen LogP contribution in [0, 0.1) is 13.8 Å². The first-order valence-corrected chi connectivity index (χ1v) is 12.7. The SMILES string of the molecule is C=C/C(=C\C=C/C)N(C1=CC=C(C)C=CC1)/C(C=C)=C/C=C\C.Cc1ccccc1.Cc1ccccc1. The zero-order valence-electron chi connectivity index (χ0n) is 23.3. The molecule has 0 spiro atoms. The Hall–Kier alpha value is -4.10. The Balaban J connectivity index is 0.000000390. The lowest BCUT2D eigenvalue weighted by Crippen LogP contribution is -2.20. The molecule has 1 heteroatoms. The van der Waals surface area contributed by atoms with Crippen LogP contribution in [0.2, 0.25) is 0 Å². The summed E-state index contributed by atoms with van der Waals surface area (Å²) in [7, 11) is 0. The van der Waals surface area contributed by atoms with E-state index >= 15 is 0 Å². The van der Waals surface area contributed by atoms with E-state index in [0.29, 0.717) is 0 Å². The smallest absolute Gasteiger partial charge is 0.0452 e. The second-order valence-corrected chi connectivity index (χ2v) is 8.46. The van der Waals surface area contributed by atoms with Gasteiger partial charge in [-0.15, -0.1) is 0 Å². The summed E-state index contributed by atoms with van der Waals surface area (Å²) in [5, 5.41) is 0. The van der Waals surface area contributed by atoms with Crippen molar-refractivity contribution in [2.75, 3.05) is 0 Å². The van der Waals surface area contributed by atoms with Gasteiger partial charge in [0.1, 0.15) is 0 Å². The van der Waals surface area contributed by atoms with Crippen molar-refractivity contribution in [1.29, 1.82) is 0 Å². The molecule has 0 bridgehead atoms. The van der Waals surface area contributed by atoms with E-state index in [1.54, 1.807) is 0 Å². The van der Waals surface area contributed by atoms with E-state index in [2.05, 4.69) is 99.6 Å².